The van der Waals surface area contributed by atoms with E-state index in [4.69, 9.17) is 7.01 Å². The molecule has 0 aromatic heterocycles. The summed E-state index contributed by atoms with van der Waals surface area (Å²) in [5.74, 6) is 0. The third-order valence-electron chi connectivity index (χ3n) is 1.82. The van der Waals surface area contributed by atoms with Gasteiger partial charge in [-0.05, 0) is 0 Å². The predicted molar refractivity (Wildman–Crippen MR) is 30.9 cm³/mol. The van der Waals surface area contributed by atoms with Gasteiger partial charge in [0.2, 0.25) is 0 Å². The molecule has 0 saturated heterocycles. The molecule has 0 heterocycles. The van der Waals surface area contributed by atoms with Crippen LogP contribution in [-0.4, -0.2) is 9.79 Å². The van der Waals surface area contributed by atoms with Gasteiger partial charge in [0.1, 0.15) is 0 Å². The Kier molecular flexibility index (Phi) is 3.70. The molecule has 1 aliphatic carbocycles. The Hall–Kier alpha value is 0.434. The second kappa shape index (κ2) is 4.34. The van der Waals surface area contributed by atoms with E-state index in [2.05, 4.69) is 0 Å². The van der Waals surface area contributed by atoms with Crippen LogP contribution in [0.1, 0.15) is 32.1 Å². The Balaban J connectivity index is 2.19. The van der Waals surface area contributed by atoms with Crippen LogP contribution in [0.25, 0.3) is 0 Å². The molecular formula is C6H12O3Ti. The SMILES string of the molecule is [O]=[Ti]([OH])[O]C1CCCCC1. The van der Waals surface area contributed by atoms with Crippen LogP contribution in [0, 0.1) is 0 Å². The quantitative estimate of drug-likeness (QED) is 0.647. The molecule has 1 fully saturated rings. The Bertz CT molecular complexity index is 120. The first-order valence-corrected chi connectivity index (χ1v) is 5.66. The van der Waals surface area contributed by atoms with Crippen molar-refractivity contribution in [3.05, 3.63) is 0 Å². The summed E-state index contributed by atoms with van der Waals surface area (Å²) in [6, 6.07) is 0. The molecule has 0 unspecified atom stereocenters. The predicted octanol–water partition coefficient (Wildman–Crippen LogP) is 1.12. The summed E-state index contributed by atoms with van der Waals surface area (Å²) in [5, 5.41) is 0. The van der Waals surface area contributed by atoms with Crippen LogP contribution in [-0.2, 0) is 25.3 Å². The van der Waals surface area contributed by atoms with E-state index in [9.17, 15) is 3.32 Å². The van der Waals surface area contributed by atoms with E-state index in [0.717, 1.165) is 25.7 Å². The molecule has 0 aromatic carbocycles. The average Bonchev–Trinajstić information content (AvgIpc) is 1.88. The first-order valence-electron chi connectivity index (χ1n) is 3.68. The van der Waals surface area contributed by atoms with Crippen molar-refractivity contribution in [2.45, 2.75) is 38.2 Å². The van der Waals surface area contributed by atoms with Gasteiger partial charge in [0.25, 0.3) is 0 Å². The summed E-state index contributed by atoms with van der Waals surface area (Å²) in [6.45, 7) is 0. The van der Waals surface area contributed by atoms with Crippen LogP contribution in [0.2, 0.25) is 0 Å². The molecule has 0 aromatic rings. The van der Waals surface area contributed by atoms with E-state index in [1.807, 2.05) is 0 Å². The minimum atomic E-state index is -3.23. The molecule has 0 aliphatic heterocycles. The van der Waals surface area contributed by atoms with E-state index in [1.165, 1.54) is 6.42 Å². The molecule has 1 rings (SSSR count). The molecule has 0 radical (unpaired) electrons. The van der Waals surface area contributed by atoms with Crippen molar-refractivity contribution in [1.82, 2.24) is 0 Å². The van der Waals surface area contributed by atoms with Gasteiger partial charge in [-0.3, -0.25) is 0 Å². The maximum atomic E-state index is 10.3. The van der Waals surface area contributed by atoms with Crippen molar-refractivity contribution < 1.29 is 28.9 Å². The van der Waals surface area contributed by atoms with Gasteiger partial charge >= 0.3 is 67.2 Å². The first kappa shape index (κ1) is 8.53. The molecular weight excluding hydrogens is 168 g/mol. The average molecular weight is 180 g/mol. The molecule has 1 N–H and O–H groups in total. The minimum absolute atomic E-state index is 0.0891. The monoisotopic (exact) mass is 180 g/mol. The van der Waals surface area contributed by atoms with Crippen LogP contribution in [0.15, 0.2) is 0 Å². The molecule has 10 heavy (non-hydrogen) atoms. The second-order valence-corrected chi connectivity index (χ2v) is 3.84. The third kappa shape index (κ3) is 3.01. The zero-order valence-corrected chi connectivity index (χ0v) is 7.44. The molecule has 0 atom stereocenters. The zero-order chi connectivity index (χ0) is 7.40. The van der Waals surface area contributed by atoms with Gasteiger partial charge in [0, 0.05) is 0 Å². The zero-order valence-electron chi connectivity index (χ0n) is 5.88. The Morgan fingerprint density at radius 1 is 1.30 bits per heavy atom. The number of hydrogen-bond donors (Lipinski definition) is 1. The van der Waals surface area contributed by atoms with E-state index in [-0.39, 0.29) is 6.10 Å². The van der Waals surface area contributed by atoms with Gasteiger partial charge in [-0.2, -0.15) is 0 Å². The molecule has 0 spiro atoms. The van der Waals surface area contributed by atoms with Gasteiger partial charge in [0.05, 0.1) is 0 Å². The van der Waals surface area contributed by atoms with Crippen molar-refractivity contribution in [2.24, 2.45) is 0 Å². The van der Waals surface area contributed by atoms with Gasteiger partial charge in [-0.1, -0.05) is 0 Å². The van der Waals surface area contributed by atoms with Crippen molar-refractivity contribution >= 4 is 0 Å². The molecule has 4 heteroatoms. The summed E-state index contributed by atoms with van der Waals surface area (Å²) >= 11 is -3.23. The molecule has 3 nitrogen and oxygen atoms in total. The van der Waals surface area contributed by atoms with Gasteiger partial charge < -0.3 is 0 Å². The van der Waals surface area contributed by atoms with E-state index < -0.39 is 18.6 Å². The maximum absolute atomic E-state index is 10.3. The van der Waals surface area contributed by atoms with Crippen LogP contribution in [0.4, 0.5) is 0 Å². The summed E-state index contributed by atoms with van der Waals surface area (Å²) < 4.78 is 23.6. The fraction of sp³-hybridized carbons (Fsp3) is 1.00. The second-order valence-electron chi connectivity index (χ2n) is 2.64. The third-order valence-corrected chi connectivity index (χ3v) is 2.66. The van der Waals surface area contributed by atoms with Crippen LogP contribution < -0.4 is 0 Å². The van der Waals surface area contributed by atoms with Crippen molar-refractivity contribution in [3.8, 4) is 0 Å². The number of hydrogen-bond acceptors (Lipinski definition) is 2. The van der Waals surface area contributed by atoms with E-state index in [1.54, 1.807) is 0 Å². The molecule has 1 saturated carbocycles. The Labute approximate surface area is 67.5 Å². The van der Waals surface area contributed by atoms with Crippen LogP contribution >= 0.6 is 0 Å². The Morgan fingerprint density at radius 3 is 2.40 bits per heavy atom. The molecule has 1 aliphatic rings. The molecule has 0 amide bonds. The fourth-order valence-corrected chi connectivity index (χ4v) is 2.14. The van der Waals surface area contributed by atoms with Crippen molar-refractivity contribution in [3.63, 3.8) is 0 Å². The van der Waals surface area contributed by atoms with Crippen LogP contribution in [0.3, 0.4) is 0 Å². The summed E-state index contributed by atoms with van der Waals surface area (Å²) in [5.41, 5.74) is 0. The summed E-state index contributed by atoms with van der Waals surface area (Å²) in [4.78, 5) is 0. The summed E-state index contributed by atoms with van der Waals surface area (Å²) in [6.07, 6.45) is 5.58. The topological polar surface area (TPSA) is 46.5 Å². The van der Waals surface area contributed by atoms with E-state index >= 15 is 0 Å². The van der Waals surface area contributed by atoms with Gasteiger partial charge in [-0.25, -0.2) is 0 Å². The van der Waals surface area contributed by atoms with Crippen molar-refractivity contribution in [2.75, 3.05) is 0 Å². The molecule has 58 valence electrons. The number of rotatable bonds is 2. The standard InChI is InChI=1S/C6H11O.H2O.O.Ti/c7-6-4-2-1-3-5-6;;;/h6H,1-5H2;1H2;;/q-1;;;+2/p-1. The normalized spacial score (nSPS) is 20.9. The Morgan fingerprint density at radius 2 is 1.90 bits per heavy atom. The van der Waals surface area contributed by atoms with Crippen LogP contribution in [0.5, 0.6) is 0 Å². The van der Waals surface area contributed by atoms with Gasteiger partial charge in [-0.15, -0.1) is 0 Å². The summed E-state index contributed by atoms with van der Waals surface area (Å²) in [7, 11) is 0. The van der Waals surface area contributed by atoms with Gasteiger partial charge in [0.15, 0.2) is 0 Å². The van der Waals surface area contributed by atoms with Crippen molar-refractivity contribution in [1.29, 1.82) is 0 Å². The fourth-order valence-electron chi connectivity index (χ4n) is 1.33. The van der Waals surface area contributed by atoms with E-state index in [0.29, 0.717) is 0 Å². The molecule has 0 bridgehead atoms. The first-order chi connectivity index (χ1) is 4.79.